The van der Waals surface area contributed by atoms with E-state index in [1.807, 2.05) is 7.05 Å². The number of aryl methyl sites for hydroxylation is 1. The molecule has 2 rings (SSSR count). The van der Waals surface area contributed by atoms with Crippen molar-refractivity contribution >= 4 is 0 Å². The quantitative estimate of drug-likeness (QED) is 0.764. The number of ether oxygens (including phenoxy) is 2. The standard InChI is InChI=1S/C10H18N4O2/c1-8-3-11-4-9(16-8)5-15-6-10-12-7-13-14(10)2/h7-9,11H,3-6H2,1-2H3. The zero-order chi connectivity index (χ0) is 11.4. The number of hydrogen-bond acceptors (Lipinski definition) is 5. The highest BCUT2D eigenvalue weighted by Gasteiger charge is 2.18. The summed E-state index contributed by atoms with van der Waals surface area (Å²) in [6.07, 6.45) is 1.92. The lowest BCUT2D eigenvalue weighted by molar-refractivity contribution is -0.0726. The molecule has 0 radical (unpaired) electrons. The lowest BCUT2D eigenvalue weighted by Crippen LogP contribution is -2.45. The smallest absolute Gasteiger partial charge is 0.152 e. The van der Waals surface area contributed by atoms with Crippen LogP contribution in [0.25, 0.3) is 0 Å². The second-order valence-electron chi connectivity index (χ2n) is 4.04. The second kappa shape index (κ2) is 5.38. The summed E-state index contributed by atoms with van der Waals surface area (Å²) < 4.78 is 13.0. The topological polar surface area (TPSA) is 61.2 Å². The molecule has 1 aromatic rings. The fourth-order valence-electron chi connectivity index (χ4n) is 1.70. The van der Waals surface area contributed by atoms with Crippen molar-refractivity contribution in [2.75, 3.05) is 19.7 Å². The van der Waals surface area contributed by atoms with Crippen molar-refractivity contribution in [3.8, 4) is 0 Å². The van der Waals surface area contributed by atoms with E-state index in [0.29, 0.717) is 13.2 Å². The fraction of sp³-hybridized carbons (Fsp3) is 0.800. The molecule has 1 aliphatic rings. The molecule has 0 saturated carbocycles. The van der Waals surface area contributed by atoms with Gasteiger partial charge in [0.2, 0.25) is 0 Å². The van der Waals surface area contributed by atoms with Gasteiger partial charge in [-0.3, -0.25) is 4.68 Å². The Balaban J connectivity index is 1.70. The molecular formula is C10H18N4O2. The van der Waals surface area contributed by atoms with Crippen molar-refractivity contribution in [2.24, 2.45) is 7.05 Å². The Bertz CT molecular complexity index is 328. The normalized spacial score (nSPS) is 25.9. The summed E-state index contributed by atoms with van der Waals surface area (Å²) in [4.78, 5) is 4.08. The van der Waals surface area contributed by atoms with Crippen LogP contribution in [-0.2, 0) is 23.1 Å². The summed E-state index contributed by atoms with van der Waals surface area (Å²) in [6, 6.07) is 0. The maximum atomic E-state index is 5.71. The average molecular weight is 226 g/mol. The van der Waals surface area contributed by atoms with Gasteiger partial charge in [-0.2, -0.15) is 5.10 Å². The first-order valence-electron chi connectivity index (χ1n) is 5.52. The highest BCUT2D eigenvalue weighted by atomic mass is 16.5. The molecule has 0 spiro atoms. The molecule has 6 nitrogen and oxygen atoms in total. The molecule has 6 heteroatoms. The van der Waals surface area contributed by atoms with Crippen LogP contribution in [0.2, 0.25) is 0 Å². The van der Waals surface area contributed by atoms with E-state index in [1.165, 1.54) is 6.33 Å². The van der Waals surface area contributed by atoms with Gasteiger partial charge in [-0.25, -0.2) is 4.98 Å². The zero-order valence-electron chi connectivity index (χ0n) is 9.72. The molecule has 2 atom stereocenters. The van der Waals surface area contributed by atoms with Gasteiger partial charge in [0.05, 0.1) is 18.8 Å². The minimum atomic E-state index is 0.136. The molecular weight excluding hydrogens is 208 g/mol. The van der Waals surface area contributed by atoms with Crippen LogP contribution in [0.5, 0.6) is 0 Å². The Hall–Kier alpha value is -0.980. The lowest BCUT2D eigenvalue weighted by Gasteiger charge is -2.28. The number of nitrogens with zero attached hydrogens (tertiary/aromatic N) is 3. The third-order valence-electron chi connectivity index (χ3n) is 2.57. The first kappa shape index (κ1) is 11.5. The molecule has 1 N–H and O–H groups in total. The van der Waals surface area contributed by atoms with Crippen LogP contribution in [0.3, 0.4) is 0 Å². The van der Waals surface area contributed by atoms with Crippen molar-refractivity contribution in [1.29, 1.82) is 0 Å². The van der Waals surface area contributed by atoms with Crippen LogP contribution >= 0.6 is 0 Å². The molecule has 0 aliphatic carbocycles. The summed E-state index contributed by atoms with van der Waals surface area (Å²) in [6.45, 7) is 4.89. The Morgan fingerprint density at radius 2 is 2.50 bits per heavy atom. The summed E-state index contributed by atoms with van der Waals surface area (Å²) in [5.74, 6) is 0.830. The van der Waals surface area contributed by atoms with Crippen molar-refractivity contribution < 1.29 is 9.47 Å². The van der Waals surface area contributed by atoms with Crippen LogP contribution in [-0.4, -0.2) is 46.7 Å². The Labute approximate surface area is 94.9 Å². The maximum absolute atomic E-state index is 5.71. The van der Waals surface area contributed by atoms with Gasteiger partial charge in [0.15, 0.2) is 5.82 Å². The van der Waals surface area contributed by atoms with E-state index in [2.05, 4.69) is 22.3 Å². The van der Waals surface area contributed by atoms with Gasteiger partial charge in [0.1, 0.15) is 12.9 Å². The Morgan fingerprint density at radius 1 is 1.62 bits per heavy atom. The molecule has 1 aromatic heterocycles. The van der Waals surface area contributed by atoms with Crippen molar-refractivity contribution in [1.82, 2.24) is 20.1 Å². The van der Waals surface area contributed by atoms with E-state index in [4.69, 9.17) is 9.47 Å². The second-order valence-corrected chi connectivity index (χ2v) is 4.04. The third-order valence-corrected chi connectivity index (χ3v) is 2.57. The first-order chi connectivity index (χ1) is 7.75. The van der Waals surface area contributed by atoms with E-state index in [1.54, 1.807) is 4.68 Å². The van der Waals surface area contributed by atoms with Crippen LogP contribution in [0.4, 0.5) is 0 Å². The zero-order valence-corrected chi connectivity index (χ0v) is 9.72. The average Bonchev–Trinajstić information content (AvgIpc) is 2.65. The van der Waals surface area contributed by atoms with Crippen molar-refractivity contribution in [2.45, 2.75) is 25.7 Å². The monoisotopic (exact) mass is 226 g/mol. The molecule has 90 valence electrons. The van der Waals surface area contributed by atoms with E-state index in [0.717, 1.165) is 18.9 Å². The lowest BCUT2D eigenvalue weighted by atomic mass is 10.2. The summed E-state index contributed by atoms with van der Waals surface area (Å²) in [5.41, 5.74) is 0. The summed E-state index contributed by atoms with van der Waals surface area (Å²) in [7, 11) is 1.85. The van der Waals surface area contributed by atoms with Crippen LogP contribution < -0.4 is 5.32 Å². The third kappa shape index (κ3) is 3.01. The Morgan fingerprint density at radius 3 is 3.19 bits per heavy atom. The highest BCUT2D eigenvalue weighted by molar-refractivity contribution is 4.80. The SMILES string of the molecule is CC1CNCC(COCc2ncnn2C)O1. The summed E-state index contributed by atoms with van der Waals surface area (Å²) >= 11 is 0. The molecule has 16 heavy (non-hydrogen) atoms. The number of nitrogens with one attached hydrogen (secondary N) is 1. The van der Waals surface area contributed by atoms with E-state index in [-0.39, 0.29) is 12.2 Å². The van der Waals surface area contributed by atoms with Crippen LogP contribution in [0.15, 0.2) is 6.33 Å². The number of hydrogen-bond donors (Lipinski definition) is 1. The molecule has 1 fully saturated rings. The number of rotatable bonds is 4. The first-order valence-corrected chi connectivity index (χ1v) is 5.52. The van der Waals surface area contributed by atoms with Crippen LogP contribution in [0.1, 0.15) is 12.7 Å². The molecule has 2 unspecified atom stereocenters. The van der Waals surface area contributed by atoms with E-state index < -0.39 is 0 Å². The molecule has 1 saturated heterocycles. The van der Waals surface area contributed by atoms with Gasteiger partial charge < -0.3 is 14.8 Å². The van der Waals surface area contributed by atoms with Gasteiger partial charge in [-0.05, 0) is 6.92 Å². The van der Waals surface area contributed by atoms with Crippen molar-refractivity contribution in [3.05, 3.63) is 12.2 Å². The van der Waals surface area contributed by atoms with Crippen molar-refractivity contribution in [3.63, 3.8) is 0 Å². The fourth-order valence-corrected chi connectivity index (χ4v) is 1.70. The molecule has 0 amide bonds. The number of aromatic nitrogens is 3. The predicted octanol–water partition coefficient (Wildman–Crippen LogP) is -0.291. The maximum Gasteiger partial charge on any atom is 0.152 e. The molecule has 2 heterocycles. The van der Waals surface area contributed by atoms with Gasteiger partial charge in [-0.15, -0.1) is 0 Å². The number of morpholine rings is 1. The van der Waals surface area contributed by atoms with E-state index in [9.17, 15) is 0 Å². The molecule has 0 bridgehead atoms. The summed E-state index contributed by atoms with van der Waals surface area (Å²) in [5, 5.41) is 7.28. The minimum absolute atomic E-state index is 0.136. The van der Waals surface area contributed by atoms with Gasteiger partial charge in [0.25, 0.3) is 0 Å². The van der Waals surface area contributed by atoms with Crippen LogP contribution in [0, 0.1) is 0 Å². The Kier molecular flexibility index (Phi) is 3.87. The molecule has 1 aliphatic heterocycles. The minimum Gasteiger partial charge on any atom is -0.371 e. The molecule has 0 aromatic carbocycles. The van der Waals surface area contributed by atoms with Gasteiger partial charge in [0, 0.05) is 20.1 Å². The van der Waals surface area contributed by atoms with E-state index >= 15 is 0 Å². The van der Waals surface area contributed by atoms with Gasteiger partial charge in [-0.1, -0.05) is 0 Å². The largest absolute Gasteiger partial charge is 0.371 e. The predicted molar refractivity (Wildman–Crippen MR) is 57.9 cm³/mol. The highest BCUT2D eigenvalue weighted by Crippen LogP contribution is 2.04. The van der Waals surface area contributed by atoms with Gasteiger partial charge >= 0.3 is 0 Å².